The van der Waals surface area contributed by atoms with Crippen LogP contribution in [-0.2, 0) is 0 Å². The summed E-state index contributed by atoms with van der Waals surface area (Å²) in [6.07, 6.45) is -4.78. The first-order valence-electron chi connectivity index (χ1n) is 8.76. The molecule has 0 unspecified atom stereocenters. The molecule has 0 saturated carbocycles. The van der Waals surface area contributed by atoms with Gasteiger partial charge in [0.1, 0.15) is 17.3 Å². The standard InChI is InChI=1S/C20H19F3N4O2/c1-12(2)24-19-26-17(13-5-3-8-16(9-13)29-20(21,22)23)11-18(27-19)25-14-6-4-7-15(28)10-14/h3-12,28H,1-2H3,(H2,24,25,26,27). The summed E-state index contributed by atoms with van der Waals surface area (Å²) < 4.78 is 41.6. The van der Waals surface area contributed by atoms with Crippen LogP contribution in [0.4, 0.5) is 30.6 Å². The summed E-state index contributed by atoms with van der Waals surface area (Å²) in [5.74, 6) is 0.462. The van der Waals surface area contributed by atoms with Crippen LogP contribution in [0.15, 0.2) is 54.6 Å². The molecule has 1 aromatic heterocycles. The lowest BCUT2D eigenvalue weighted by Crippen LogP contribution is -2.17. The van der Waals surface area contributed by atoms with E-state index in [0.29, 0.717) is 28.7 Å². The van der Waals surface area contributed by atoms with Crippen molar-refractivity contribution < 1.29 is 23.0 Å². The molecular formula is C20H19F3N4O2. The molecular weight excluding hydrogens is 385 g/mol. The van der Waals surface area contributed by atoms with Crippen LogP contribution < -0.4 is 15.4 Å². The van der Waals surface area contributed by atoms with E-state index in [4.69, 9.17) is 0 Å². The quantitative estimate of drug-likeness (QED) is 0.517. The highest BCUT2D eigenvalue weighted by atomic mass is 19.4. The molecule has 0 aliphatic rings. The minimum absolute atomic E-state index is 0.0405. The van der Waals surface area contributed by atoms with Crippen molar-refractivity contribution in [2.75, 3.05) is 10.6 Å². The highest BCUT2D eigenvalue weighted by Gasteiger charge is 2.31. The normalized spacial score (nSPS) is 11.4. The maximum Gasteiger partial charge on any atom is 0.573 e. The van der Waals surface area contributed by atoms with Gasteiger partial charge in [0.25, 0.3) is 0 Å². The molecule has 3 N–H and O–H groups in total. The van der Waals surface area contributed by atoms with Crippen molar-refractivity contribution in [3.05, 3.63) is 54.6 Å². The van der Waals surface area contributed by atoms with E-state index in [9.17, 15) is 18.3 Å². The van der Waals surface area contributed by atoms with Crippen LogP contribution in [0.5, 0.6) is 11.5 Å². The third-order valence-electron chi connectivity index (χ3n) is 3.63. The summed E-state index contributed by atoms with van der Waals surface area (Å²) in [7, 11) is 0. The first kappa shape index (κ1) is 20.2. The second-order valence-electron chi connectivity index (χ2n) is 6.51. The van der Waals surface area contributed by atoms with Gasteiger partial charge in [-0.25, -0.2) is 4.98 Å². The number of nitrogens with one attached hydrogen (secondary N) is 2. The molecule has 0 bridgehead atoms. The van der Waals surface area contributed by atoms with E-state index in [0.717, 1.165) is 0 Å². The number of alkyl halides is 3. The molecule has 3 rings (SSSR count). The van der Waals surface area contributed by atoms with Crippen LogP contribution in [0.3, 0.4) is 0 Å². The second-order valence-corrected chi connectivity index (χ2v) is 6.51. The van der Waals surface area contributed by atoms with Crippen molar-refractivity contribution in [3.8, 4) is 22.8 Å². The molecule has 3 aromatic rings. The largest absolute Gasteiger partial charge is 0.573 e. The Balaban J connectivity index is 1.98. The lowest BCUT2D eigenvalue weighted by molar-refractivity contribution is -0.274. The molecule has 0 spiro atoms. The molecule has 29 heavy (non-hydrogen) atoms. The predicted octanol–water partition coefficient (Wildman–Crippen LogP) is 5.31. The van der Waals surface area contributed by atoms with Gasteiger partial charge in [0.05, 0.1) is 5.69 Å². The van der Waals surface area contributed by atoms with Gasteiger partial charge in [0.2, 0.25) is 5.95 Å². The summed E-state index contributed by atoms with van der Waals surface area (Å²) >= 11 is 0. The fraction of sp³-hybridized carbons (Fsp3) is 0.200. The number of anilines is 3. The van der Waals surface area contributed by atoms with Crippen molar-refractivity contribution in [1.29, 1.82) is 0 Å². The molecule has 0 fully saturated rings. The molecule has 9 heteroatoms. The Labute approximate surface area is 165 Å². The molecule has 2 aromatic carbocycles. The lowest BCUT2D eigenvalue weighted by atomic mass is 10.1. The number of hydrogen-bond acceptors (Lipinski definition) is 6. The summed E-state index contributed by atoms with van der Waals surface area (Å²) in [6.45, 7) is 3.83. The third kappa shape index (κ3) is 6.00. The third-order valence-corrected chi connectivity index (χ3v) is 3.63. The van der Waals surface area contributed by atoms with E-state index in [1.807, 2.05) is 13.8 Å². The number of phenols is 1. The smallest absolute Gasteiger partial charge is 0.508 e. The summed E-state index contributed by atoms with van der Waals surface area (Å²) in [6, 6.07) is 13.7. The maximum atomic E-state index is 12.5. The van der Waals surface area contributed by atoms with Crippen molar-refractivity contribution in [2.24, 2.45) is 0 Å². The van der Waals surface area contributed by atoms with Crippen LogP contribution in [0.2, 0.25) is 0 Å². The van der Waals surface area contributed by atoms with E-state index in [2.05, 4.69) is 25.3 Å². The highest BCUT2D eigenvalue weighted by molar-refractivity contribution is 5.68. The van der Waals surface area contributed by atoms with Gasteiger partial charge in [-0.05, 0) is 38.1 Å². The van der Waals surface area contributed by atoms with Gasteiger partial charge < -0.3 is 20.5 Å². The van der Waals surface area contributed by atoms with E-state index >= 15 is 0 Å². The lowest BCUT2D eigenvalue weighted by Gasteiger charge is -2.14. The predicted molar refractivity (Wildman–Crippen MR) is 104 cm³/mol. The molecule has 0 amide bonds. The fourth-order valence-corrected chi connectivity index (χ4v) is 2.57. The molecule has 0 atom stereocenters. The van der Waals surface area contributed by atoms with Crippen molar-refractivity contribution >= 4 is 17.5 Å². The second kappa shape index (κ2) is 8.26. The zero-order valence-electron chi connectivity index (χ0n) is 15.7. The number of halogens is 3. The van der Waals surface area contributed by atoms with E-state index in [1.54, 1.807) is 24.3 Å². The summed E-state index contributed by atoms with van der Waals surface area (Å²) in [5.41, 5.74) is 1.43. The van der Waals surface area contributed by atoms with Crippen molar-refractivity contribution in [2.45, 2.75) is 26.3 Å². The van der Waals surface area contributed by atoms with Crippen molar-refractivity contribution in [1.82, 2.24) is 9.97 Å². The minimum Gasteiger partial charge on any atom is -0.508 e. The topological polar surface area (TPSA) is 79.3 Å². The molecule has 0 aliphatic carbocycles. The number of hydrogen-bond donors (Lipinski definition) is 3. The Morgan fingerprint density at radius 3 is 2.45 bits per heavy atom. The fourth-order valence-electron chi connectivity index (χ4n) is 2.57. The van der Waals surface area contributed by atoms with Crippen LogP contribution in [0.1, 0.15) is 13.8 Å². The minimum atomic E-state index is -4.78. The zero-order valence-corrected chi connectivity index (χ0v) is 15.7. The van der Waals surface area contributed by atoms with Gasteiger partial charge in [-0.3, -0.25) is 0 Å². The van der Waals surface area contributed by atoms with E-state index < -0.39 is 6.36 Å². The summed E-state index contributed by atoms with van der Waals surface area (Å²) in [4.78, 5) is 8.77. The van der Waals surface area contributed by atoms with Gasteiger partial charge in [-0.15, -0.1) is 13.2 Å². The average molecular weight is 404 g/mol. The SMILES string of the molecule is CC(C)Nc1nc(Nc2cccc(O)c2)cc(-c2cccc(OC(F)(F)F)c2)n1. The number of aromatic nitrogens is 2. The van der Waals surface area contributed by atoms with E-state index in [1.165, 1.54) is 30.3 Å². The Morgan fingerprint density at radius 1 is 1.00 bits per heavy atom. The molecule has 152 valence electrons. The Kier molecular flexibility index (Phi) is 5.76. The van der Waals surface area contributed by atoms with E-state index in [-0.39, 0.29) is 17.5 Å². The molecule has 0 saturated heterocycles. The molecule has 1 heterocycles. The molecule has 6 nitrogen and oxygen atoms in total. The Morgan fingerprint density at radius 2 is 1.76 bits per heavy atom. The molecule has 0 radical (unpaired) electrons. The van der Waals surface area contributed by atoms with Gasteiger partial charge >= 0.3 is 6.36 Å². The number of rotatable bonds is 6. The Bertz CT molecular complexity index is 993. The van der Waals surface area contributed by atoms with Crippen LogP contribution >= 0.6 is 0 Å². The number of nitrogens with zero attached hydrogens (tertiary/aromatic N) is 2. The highest BCUT2D eigenvalue weighted by Crippen LogP contribution is 2.29. The maximum absolute atomic E-state index is 12.5. The van der Waals surface area contributed by atoms with Gasteiger partial charge in [0, 0.05) is 29.4 Å². The monoisotopic (exact) mass is 404 g/mol. The number of phenolic OH excluding ortho intramolecular Hbond substituents is 1. The average Bonchev–Trinajstić information content (AvgIpc) is 2.59. The van der Waals surface area contributed by atoms with Gasteiger partial charge in [-0.1, -0.05) is 18.2 Å². The first-order valence-corrected chi connectivity index (χ1v) is 8.76. The Hall–Kier alpha value is -3.49. The molecule has 0 aliphatic heterocycles. The van der Waals surface area contributed by atoms with Gasteiger partial charge in [0.15, 0.2) is 0 Å². The van der Waals surface area contributed by atoms with Crippen molar-refractivity contribution in [3.63, 3.8) is 0 Å². The van der Waals surface area contributed by atoms with Gasteiger partial charge in [-0.2, -0.15) is 4.98 Å². The zero-order chi connectivity index (χ0) is 21.0. The number of aromatic hydroxyl groups is 1. The number of benzene rings is 2. The van der Waals surface area contributed by atoms with Crippen LogP contribution in [0.25, 0.3) is 11.3 Å². The first-order chi connectivity index (χ1) is 13.7. The van der Waals surface area contributed by atoms with Crippen LogP contribution in [0, 0.1) is 0 Å². The summed E-state index contributed by atoms with van der Waals surface area (Å²) in [5, 5.41) is 15.8. The number of ether oxygens (including phenoxy) is 1. The van der Waals surface area contributed by atoms with Crippen LogP contribution in [-0.4, -0.2) is 27.5 Å².